The van der Waals surface area contributed by atoms with Crippen LogP contribution in [-0.4, -0.2) is 14.1 Å². The van der Waals surface area contributed by atoms with Gasteiger partial charge in [0.2, 0.25) is 0 Å². The third-order valence-corrected chi connectivity index (χ3v) is 2.72. The molecule has 2 aromatic rings. The number of hydrogen-bond donors (Lipinski definition) is 0. The first-order valence-electron chi connectivity index (χ1n) is 5.32. The fourth-order valence-corrected chi connectivity index (χ4v) is 1.69. The summed E-state index contributed by atoms with van der Waals surface area (Å²) < 4.78 is 3.77. The monoisotopic (exact) mass is 217 g/mol. The fourth-order valence-electron chi connectivity index (χ4n) is 1.69. The lowest BCUT2D eigenvalue weighted by atomic mass is 10.3. The van der Waals surface area contributed by atoms with E-state index in [1.807, 2.05) is 42.9 Å². The molecule has 0 saturated carbocycles. The van der Waals surface area contributed by atoms with Crippen LogP contribution in [0.4, 0.5) is 0 Å². The van der Waals surface area contributed by atoms with Crippen molar-refractivity contribution in [2.24, 2.45) is 0 Å². The molecule has 2 aromatic heterocycles. The van der Waals surface area contributed by atoms with Gasteiger partial charge in [0.15, 0.2) is 0 Å². The number of nitrogens with zero attached hydrogens (tertiary/aromatic N) is 3. The highest BCUT2D eigenvalue weighted by atomic mass is 16.1. The maximum atomic E-state index is 11.8. The third kappa shape index (κ3) is 2.05. The fraction of sp³-hybridized carbons (Fsp3) is 0.333. The molecular weight excluding hydrogens is 202 g/mol. The van der Waals surface area contributed by atoms with E-state index in [2.05, 4.69) is 4.98 Å². The summed E-state index contributed by atoms with van der Waals surface area (Å²) in [5.41, 5.74) is 0.866. The molecular formula is C12H15N3O. The van der Waals surface area contributed by atoms with E-state index in [9.17, 15) is 4.79 Å². The van der Waals surface area contributed by atoms with Crippen LogP contribution in [0.1, 0.15) is 11.4 Å². The van der Waals surface area contributed by atoms with Crippen molar-refractivity contribution in [1.29, 1.82) is 0 Å². The molecule has 0 aliphatic heterocycles. The Morgan fingerprint density at radius 1 is 1.19 bits per heavy atom. The molecule has 84 valence electrons. The van der Waals surface area contributed by atoms with Crippen LogP contribution in [0.3, 0.4) is 0 Å². The molecule has 0 radical (unpaired) electrons. The Morgan fingerprint density at radius 2 is 1.94 bits per heavy atom. The molecule has 2 rings (SSSR count). The zero-order chi connectivity index (χ0) is 11.5. The van der Waals surface area contributed by atoms with Crippen LogP contribution in [0.2, 0.25) is 0 Å². The van der Waals surface area contributed by atoms with Crippen molar-refractivity contribution in [2.75, 3.05) is 0 Å². The molecule has 0 aliphatic rings. The van der Waals surface area contributed by atoms with E-state index in [1.54, 1.807) is 10.8 Å². The van der Waals surface area contributed by atoms with Crippen molar-refractivity contribution in [3.8, 4) is 0 Å². The summed E-state index contributed by atoms with van der Waals surface area (Å²) in [5, 5.41) is 0. The second-order valence-corrected chi connectivity index (χ2v) is 3.86. The SMILES string of the molecule is Cc1cccn(CCn2ccnc2C)c1=O. The van der Waals surface area contributed by atoms with E-state index in [-0.39, 0.29) is 5.56 Å². The van der Waals surface area contributed by atoms with E-state index in [4.69, 9.17) is 0 Å². The minimum Gasteiger partial charge on any atom is -0.333 e. The zero-order valence-electron chi connectivity index (χ0n) is 9.55. The number of pyridine rings is 1. The summed E-state index contributed by atoms with van der Waals surface area (Å²) >= 11 is 0. The highest BCUT2D eigenvalue weighted by Gasteiger charge is 2.00. The number of imidazole rings is 1. The van der Waals surface area contributed by atoms with Gasteiger partial charge >= 0.3 is 0 Å². The third-order valence-electron chi connectivity index (χ3n) is 2.72. The van der Waals surface area contributed by atoms with Gasteiger partial charge < -0.3 is 9.13 Å². The maximum absolute atomic E-state index is 11.8. The van der Waals surface area contributed by atoms with Gasteiger partial charge in [-0.15, -0.1) is 0 Å². The lowest BCUT2D eigenvalue weighted by Gasteiger charge is -2.08. The predicted molar refractivity (Wildman–Crippen MR) is 62.4 cm³/mol. The van der Waals surface area contributed by atoms with E-state index >= 15 is 0 Å². The molecule has 0 aliphatic carbocycles. The van der Waals surface area contributed by atoms with E-state index < -0.39 is 0 Å². The maximum Gasteiger partial charge on any atom is 0.253 e. The summed E-state index contributed by atoms with van der Waals surface area (Å²) in [4.78, 5) is 15.9. The molecule has 0 aromatic carbocycles. The quantitative estimate of drug-likeness (QED) is 0.778. The van der Waals surface area contributed by atoms with Gasteiger partial charge in [0.25, 0.3) is 5.56 Å². The Balaban J connectivity index is 2.14. The lowest BCUT2D eigenvalue weighted by Crippen LogP contribution is -2.23. The largest absolute Gasteiger partial charge is 0.333 e. The Hall–Kier alpha value is -1.84. The van der Waals surface area contributed by atoms with Gasteiger partial charge in [-0.2, -0.15) is 0 Å². The molecule has 16 heavy (non-hydrogen) atoms. The van der Waals surface area contributed by atoms with Crippen LogP contribution in [0.15, 0.2) is 35.5 Å². The van der Waals surface area contributed by atoms with Crippen LogP contribution >= 0.6 is 0 Å². The molecule has 0 amide bonds. The van der Waals surface area contributed by atoms with Gasteiger partial charge in [0, 0.05) is 37.2 Å². The first kappa shape index (κ1) is 10.7. The number of hydrogen-bond acceptors (Lipinski definition) is 2. The molecule has 0 atom stereocenters. The second kappa shape index (κ2) is 4.35. The highest BCUT2D eigenvalue weighted by Crippen LogP contribution is 1.96. The number of aryl methyl sites for hydroxylation is 4. The molecule has 0 bridgehead atoms. The minimum atomic E-state index is 0.0836. The summed E-state index contributed by atoms with van der Waals surface area (Å²) in [6.07, 6.45) is 5.52. The number of aromatic nitrogens is 3. The van der Waals surface area contributed by atoms with Crippen LogP contribution in [0, 0.1) is 13.8 Å². The Bertz CT molecular complexity index is 539. The zero-order valence-corrected chi connectivity index (χ0v) is 9.55. The van der Waals surface area contributed by atoms with Gasteiger partial charge in [0.1, 0.15) is 5.82 Å². The van der Waals surface area contributed by atoms with E-state index in [0.29, 0.717) is 6.54 Å². The summed E-state index contributed by atoms with van der Waals surface area (Å²) in [5.74, 6) is 0.973. The van der Waals surface area contributed by atoms with Crippen LogP contribution in [0.5, 0.6) is 0 Å². The van der Waals surface area contributed by atoms with Crippen molar-refractivity contribution in [3.05, 3.63) is 52.5 Å². The molecule has 0 unspecified atom stereocenters. The Labute approximate surface area is 94.2 Å². The molecule has 4 heteroatoms. The van der Waals surface area contributed by atoms with Gasteiger partial charge in [-0.25, -0.2) is 4.98 Å². The summed E-state index contributed by atoms with van der Waals surface area (Å²) in [7, 11) is 0. The van der Waals surface area contributed by atoms with E-state index in [1.165, 1.54) is 0 Å². The molecule has 0 N–H and O–H groups in total. The van der Waals surface area contributed by atoms with Crippen molar-refractivity contribution in [2.45, 2.75) is 26.9 Å². The average Bonchev–Trinajstić information content (AvgIpc) is 2.67. The van der Waals surface area contributed by atoms with Gasteiger partial charge in [-0.05, 0) is 19.9 Å². The topological polar surface area (TPSA) is 39.8 Å². The number of rotatable bonds is 3. The second-order valence-electron chi connectivity index (χ2n) is 3.86. The molecule has 0 fully saturated rings. The standard InChI is InChI=1S/C12H15N3O/c1-10-4-3-6-15(12(10)16)9-8-14-7-5-13-11(14)2/h3-7H,8-9H2,1-2H3. The highest BCUT2D eigenvalue weighted by molar-refractivity contribution is 5.07. The van der Waals surface area contributed by atoms with Crippen molar-refractivity contribution < 1.29 is 0 Å². The van der Waals surface area contributed by atoms with Gasteiger partial charge in [-0.3, -0.25) is 4.79 Å². The van der Waals surface area contributed by atoms with Crippen LogP contribution in [0.25, 0.3) is 0 Å². The predicted octanol–water partition coefficient (Wildman–Crippen LogP) is 1.36. The normalized spacial score (nSPS) is 10.6. The smallest absolute Gasteiger partial charge is 0.253 e. The average molecular weight is 217 g/mol. The van der Waals surface area contributed by atoms with Crippen LogP contribution < -0.4 is 5.56 Å². The van der Waals surface area contributed by atoms with Gasteiger partial charge in [-0.1, -0.05) is 6.07 Å². The summed E-state index contributed by atoms with van der Waals surface area (Å²) in [6, 6.07) is 3.73. The van der Waals surface area contributed by atoms with Crippen molar-refractivity contribution in [1.82, 2.24) is 14.1 Å². The molecule has 4 nitrogen and oxygen atoms in total. The van der Waals surface area contributed by atoms with E-state index in [0.717, 1.165) is 17.9 Å². The first-order chi connectivity index (χ1) is 7.68. The van der Waals surface area contributed by atoms with Crippen molar-refractivity contribution in [3.63, 3.8) is 0 Å². The van der Waals surface area contributed by atoms with Crippen molar-refractivity contribution >= 4 is 0 Å². The minimum absolute atomic E-state index is 0.0836. The van der Waals surface area contributed by atoms with Gasteiger partial charge in [0.05, 0.1) is 0 Å². The Kier molecular flexibility index (Phi) is 2.90. The molecule has 0 saturated heterocycles. The summed E-state index contributed by atoms with van der Waals surface area (Å²) in [6.45, 7) is 5.24. The lowest BCUT2D eigenvalue weighted by molar-refractivity contribution is 0.554. The van der Waals surface area contributed by atoms with Crippen LogP contribution in [-0.2, 0) is 13.1 Å². The Morgan fingerprint density at radius 3 is 2.62 bits per heavy atom. The molecule has 0 spiro atoms. The first-order valence-corrected chi connectivity index (χ1v) is 5.32. The molecule has 2 heterocycles.